The minimum Gasteiger partial charge on any atom is -0.489 e. The average molecular weight is 378 g/mol. The zero-order valence-corrected chi connectivity index (χ0v) is 16.1. The number of hydrogen-bond donors (Lipinski definition) is 1. The smallest absolute Gasteiger partial charge is 0.119 e. The molecule has 3 unspecified atom stereocenters. The van der Waals surface area contributed by atoms with E-state index >= 15 is 0 Å². The van der Waals surface area contributed by atoms with E-state index in [-0.39, 0.29) is 6.10 Å². The molecule has 2 aromatic rings. The molecule has 1 aliphatic rings. The van der Waals surface area contributed by atoms with E-state index < -0.39 is 0 Å². The molecule has 2 aromatic carbocycles. The van der Waals surface area contributed by atoms with Gasteiger partial charge in [-0.15, -0.1) is 0 Å². The Labute approximate surface area is 160 Å². The second-order valence-corrected chi connectivity index (χ2v) is 7.58. The van der Waals surface area contributed by atoms with Crippen molar-refractivity contribution < 1.29 is 4.74 Å². The topological polar surface area (TPSA) is 21.3 Å². The van der Waals surface area contributed by atoms with Gasteiger partial charge in [-0.05, 0) is 81.0 Å². The third kappa shape index (κ3) is 4.91. The van der Waals surface area contributed by atoms with E-state index in [9.17, 15) is 0 Å². The van der Waals surface area contributed by atoms with Gasteiger partial charge in [-0.1, -0.05) is 41.4 Å². The van der Waals surface area contributed by atoms with Gasteiger partial charge in [0.05, 0.1) is 0 Å². The Bertz CT molecular complexity index is 674. The molecule has 3 rings (SSSR count). The molecule has 0 heterocycles. The van der Waals surface area contributed by atoms with Gasteiger partial charge in [0, 0.05) is 16.1 Å². The van der Waals surface area contributed by atoms with Crippen LogP contribution in [0.4, 0.5) is 0 Å². The molecule has 25 heavy (non-hydrogen) atoms. The predicted molar refractivity (Wildman–Crippen MR) is 106 cm³/mol. The Hall–Kier alpha value is -1.22. The maximum atomic E-state index is 6.42. The number of likely N-dealkylation sites (N-methyl/N-ethyl adjacent to an activating group) is 1. The summed E-state index contributed by atoms with van der Waals surface area (Å²) >= 11 is 12.4. The van der Waals surface area contributed by atoms with E-state index in [0.717, 1.165) is 47.9 Å². The summed E-state index contributed by atoms with van der Waals surface area (Å²) < 4.78 is 6.27. The second-order valence-electron chi connectivity index (χ2n) is 6.73. The summed E-state index contributed by atoms with van der Waals surface area (Å²) in [6, 6.07) is 16.2. The lowest BCUT2D eigenvalue weighted by Crippen LogP contribution is -2.42. The summed E-state index contributed by atoms with van der Waals surface area (Å²) in [7, 11) is 2.02. The highest BCUT2D eigenvalue weighted by molar-refractivity contribution is 6.31. The van der Waals surface area contributed by atoms with Gasteiger partial charge in [0.15, 0.2) is 0 Å². The van der Waals surface area contributed by atoms with Crippen LogP contribution < -0.4 is 10.1 Å². The maximum absolute atomic E-state index is 6.42. The molecule has 1 N–H and O–H groups in total. The van der Waals surface area contributed by atoms with Gasteiger partial charge in [-0.2, -0.15) is 0 Å². The normalized spacial score (nSPS) is 24.4. The summed E-state index contributed by atoms with van der Waals surface area (Å²) in [6.07, 6.45) is 5.70. The molecule has 0 aromatic heterocycles. The highest BCUT2D eigenvalue weighted by atomic mass is 35.5. The number of benzene rings is 2. The van der Waals surface area contributed by atoms with Crippen molar-refractivity contribution in [2.45, 2.75) is 50.2 Å². The average Bonchev–Trinajstić information content (AvgIpc) is 2.60. The van der Waals surface area contributed by atoms with Crippen molar-refractivity contribution in [2.75, 3.05) is 7.05 Å². The van der Waals surface area contributed by atoms with Crippen molar-refractivity contribution >= 4 is 23.2 Å². The highest BCUT2D eigenvalue weighted by Crippen LogP contribution is 2.35. The minimum atomic E-state index is 0.179. The summed E-state index contributed by atoms with van der Waals surface area (Å²) in [4.78, 5) is 0. The maximum Gasteiger partial charge on any atom is 0.119 e. The molecule has 0 amide bonds. The molecule has 0 bridgehead atoms. The van der Waals surface area contributed by atoms with Gasteiger partial charge in [0.2, 0.25) is 0 Å². The Kier molecular flexibility index (Phi) is 6.63. The molecule has 3 atom stereocenters. The van der Waals surface area contributed by atoms with Gasteiger partial charge in [0.1, 0.15) is 11.9 Å². The van der Waals surface area contributed by atoms with E-state index in [1.54, 1.807) is 0 Å². The van der Waals surface area contributed by atoms with E-state index in [1.807, 2.05) is 43.4 Å². The fourth-order valence-corrected chi connectivity index (χ4v) is 4.17. The third-order valence-electron chi connectivity index (χ3n) is 5.13. The molecule has 1 saturated carbocycles. The lowest BCUT2D eigenvalue weighted by molar-refractivity contribution is 0.128. The third-order valence-corrected chi connectivity index (χ3v) is 5.73. The molecule has 2 nitrogen and oxygen atoms in total. The molecule has 4 heteroatoms. The number of halogens is 2. The monoisotopic (exact) mass is 377 g/mol. The number of rotatable bonds is 4. The molecule has 0 aliphatic heterocycles. The van der Waals surface area contributed by atoms with Gasteiger partial charge in [0.25, 0.3) is 0 Å². The van der Waals surface area contributed by atoms with Crippen molar-refractivity contribution in [3.8, 4) is 5.75 Å². The predicted octanol–water partition coefficient (Wildman–Crippen LogP) is 6.08. The summed E-state index contributed by atoms with van der Waals surface area (Å²) in [5, 5.41) is 5.08. The lowest BCUT2D eigenvalue weighted by Gasteiger charge is -2.32. The van der Waals surface area contributed by atoms with Crippen LogP contribution in [0.5, 0.6) is 5.75 Å². The van der Waals surface area contributed by atoms with Gasteiger partial charge >= 0.3 is 0 Å². The quantitative estimate of drug-likeness (QED) is 0.697. The molecular formula is C21H25Cl2NO. The number of nitrogens with one attached hydrogen (secondary N) is 1. The molecule has 1 fully saturated rings. The van der Waals surface area contributed by atoms with Crippen molar-refractivity contribution in [1.29, 1.82) is 0 Å². The van der Waals surface area contributed by atoms with Gasteiger partial charge in [-0.3, -0.25) is 0 Å². The molecule has 0 radical (unpaired) electrons. The summed E-state index contributed by atoms with van der Waals surface area (Å²) in [5.74, 6) is 1.42. The van der Waals surface area contributed by atoms with E-state index in [1.165, 1.54) is 5.56 Å². The van der Waals surface area contributed by atoms with Crippen molar-refractivity contribution in [3.63, 3.8) is 0 Å². The summed E-state index contributed by atoms with van der Waals surface area (Å²) in [6.45, 7) is 0. The van der Waals surface area contributed by atoms with Gasteiger partial charge < -0.3 is 10.1 Å². The van der Waals surface area contributed by atoms with Crippen LogP contribution in [-0.2, 0) is 0 Å². The highest BCUT2D eigenvalue weighted by Gasteiger charge is 2.27. The molecule has 1 aliphatic carbocycles. The first-order chi connectivity index (χ1) is 12.2. The Morgan fingerprint density at radius 3 is 2.40 bits per heavy atom. The Morgan fingerprint density at radius 1 is 0.920 bits per heavy atom. The first kappa shape index (κ1) is 18.6. The van der Waals surface area contributed by atoms with Crippen LogP contribution in [0.15, 0.2) is 48.5 Å². The largest absolute Gasteiger partial charge is 0.489 e. The number of hydrogen-bond acceptors (Lipinski definition) is 2. The van der Waals surface area contributed by atoms with E-state index in [4.69, 9.17) is 27.9 Å². The first-order valence-electron chi connectivity index (χ1n) is 9.01. The van der Waals surface area contributed by atoms with E-state index in [2.05, 4.69) is 17.4 Å². The standard InChI is InChI=1S/C21H25Cl2NO/c1-24-20-14-9-15(18-6-2-3-7-19(18)23)5-4-8-21(20)25-17-12-10-16(22)11-13-17/h2-3,6-7,10-13,15,20-21,24H,4-5,8-9,14H2,1H3. The SMILES string of the molecule is CNC1CCC(c2ccccc2Cl)CCCC1Oc1ccc(Cl)cc1. The van der Waals surface area contributed by atoms with Crippen molar-refractivity contribution in [2.24, 2.45) is 0 Å². The molecule has 134 valence electrons. The first-order valence-corrected chi connectivity index (χ1v) is 9.77. The van der Waals surface area contributed by atoms with Gasteiger partial charge in [-0.25, -0.2) is 0 Å². The van der Waals surface area contributed by atoms with Crippen LogP contribution in [0.2, 0.25) is 10.0 Å². The Balaban J connectivity index is 1.67. The fraction of sp³-hybridized carbons (Fsp3) is 0.429. The van der Waals surface area contributed by atoms with Crippen LogP contribution in [0.25, 0.3) is 0 Å². The van der Waals surface area contributed by atoms with Crippen LogP contribution in [0.3, 0.4) is 0 Å². The van der Waals surface area contributed by atoms with Crippen molar-refractivity contribution in [3.05, 3.63) is 64.1 Å². The Morgan fingerprint density at radius 2 is 1.68 bits per heavy atom. The summed E-state index contributed by atoms with van der Waals surface area (Å²) in [5.41, 5.74) is 1.29. The van der Waals surface area contributed by atoms with Crippen LogP contribution in [0.1, 0.15) is 43.6 Å². The van der Waals surface area contributed by atoms with Crippen LogP contribution in [0, 0.1) is 0 Å². The zero-order valence-electron chi connectivity index (χ0n) is 14.6. The van der Waals surface area contributed by atoms with Crippen LogP contribution in [-0.4, -0.2) is 19.2 Å². The van der Waals surface area contributed by atoms with Crippen molar-refractivity contribution in [1.82, 2.24) is 5.32 Å². The second kappa shape index (κ2) is 8.93. The lowest BCUT2D eigenvalue weighted by atomic mass is 9.83. The van der Waals surface area contributed by atoms with E-state index in [0.29, 0.717) is 12.0 Å². The molecule has 0 saturated heterocycles. The minimum absolute atomic E-state index is 0.179. The zero-order chi connectivity index (χ0) is 17.6. The molecule has 0 spiro atoms. The molecular weight excluding hydrogens is 353 g/mol. The number of ether oxygens (including phenoxy) is 1. The fourth-order valence-electron chi connectivity index (χ4n) is 3.75. The van der Waals surface area contributed by atoms with Crippen LogP contribution >= 0.6 is 23.2 Å².